The first kappa shape index (κ1) is 22.1. The van der Waals surface area contributed by atoms with Gasteiger partial charge in [0.15, 0.2) is 0 Å². The average molecular weight is 413 g/mol. The van der Waals surface area contributed by atoms with Gasteiger partial charge in [-0.25, -0.2) is 0 Å². The Bertz CT molecular complexity index is 913. The number of hydrogen-bond acceptors (Lipinski definition) is 2. The van der Waals surface area contributed by atoms with Crippen LogP contribution in [0.1, 0.15) is 18.1 Å². The molecule has 0 amide bonds. The van der Waals surface area contributed by atoms with Gasteiger partial charge in [0.2, 0.25) is 0 Å². The van der Waals surface area contributed by atoms with E-state index >= 15 is 0 Å². The zero-order valence-corrected chi connectivity index (χ0v) is 17.0. The van der Waals surface area contributed by atoms with Gasteiger partial charge in [0.1, 0.15) is 0 Å². The minimum Gasteiger partial charge on any atom is -0.371 e. The number of nitrogens with zero attached hydrogens (tertiary/aromatic N) is 1. The number of hydrogen-bond donors (Lipinski definition) is 0. The average Bonchev–Trinajstić information content (AvgIpc) is 2.74. The lowest BCUT2D eigenvalue weighted by Crippen LogP contribution is -2.42. The molecule has 1 atom stereocenters. The Morgan fingerprint density at radius 3 is 2.57 bits per heavy atom. The quantitative estimate of drug-likeness (QED) is 0.518. The fourth-order valence-electron chi connectivity index (χ4n) is 3.68. The maximum atomic E-state index is 13.3. The van der Waals surface area contributed by atoms with E-state index in [0.29, 0.717) is 12.2 Å². The van der Waals surface area contributed by atoms with E-state index in [1.165, 1.54) is 12.1 Å². The molecular weight excluding hydrogens is 387 g/mol. The topological polar surface area (TPSA) is 12.5 Å². The molecule has 0 N–H and O–H groups in total. The minimum atomic E-state index is -4.37. The minimum absolute atomic E-state index is 0.0223. The van der Waals surface area contributed by atoms with Crippen molar-refractivity contribution >= 4 is 0 Å². The third-order valence-corrected chi connectivity index (χ3v) is 5.10. The van der Waals surface area contributed by atoms with E-state index in [1.54, 1.807) is 24.3 Å². The smallest absolute Gasteiger partial charge is 0.371 e. The molecule has 1 aliphatic heterocycles. The van der Waals surface area contributed by atoms with Crippen molar-refractivity contribution in [2.75, 3.05) is 19.7 Å². The molecule has 1 saturated heterocycles. The van der Waals surface area contributed by atoms with Crippen molar-refractivity contribution in [1.29, 1.82) is 0 Å². The SMILES string of the molecule is C=C/C=C(\C=C/C)C1CN(Cc2ccc(-c3ccccc3C(F)(F)F)cc2)CCO1. The number of morpholine rings is 1. The van der Waals surface area contributed by atoms with Gasteiger partial charge in [-0.3, -0.25) is 4.90 Å². The van der Waals surface area contributed by atoms with Crippen LogP contribution in [0.15, 0.2) is 85.0 Å². The molecule has 158 valence electrons. The van der Waals surface area contributed by atoms with Crippen LogP contribution < -0.4 is 0 Å². The fourth-order valence-corrected chi connectivity index (χ4v) is 3.68. The van der Waals surface area contributed by atoms with Gasteiger partial charge in [-0.2, -0.15) is 13.2 Å². The largest absolute Gasteiger partial charge is 0.417 e. The number of alkyl halides is 3. The molecule has 1 heterocycles. The van der Waals surface area contributed by atoms with Crippen LogP contribution in [0.4, 0.5) is 13.2 Å². The van der Waals surface area contributed by atoms with Gasteiger partial charge in [0.25, 0.3) is 0 Å². The molecule has 2 aromatic carbocycles. The molecule has 0 radical (unpaired) electrons. The molecule has 1 unspecified atom stereocenters. The number of ether oxygens (including phenoxy) is 1. The molecule has 0 aliphatic carbocycles. The van der Waals surface area contributed by atoms with Gasteiger partial charge in [0, 0.05) is 19.6 Å². The van der Waals surface area contributed by atoms with E-state index in [9.17, 15) is 13.2 Å². The van der Waals surface area contributed by atoms with Crippen molar-refractivity contribution in [2.24, 2.45) is 0 Å². The lowest BCUT2D eigenvalue weighted by atomic mass is 9.98. The number of benzene rings is 2. The first-order valence-electron chi connectivity index (χ1n) is 9.97. The lowest BCUT2D eigenvalue weighted by molar-refractivity contribution is -0.137. The third kappa shape index (κ3) is 5.49. The van der Waals surface area contributed by atoms with Gasteiger partial charge < -0.3 is 4.74 Å². The summed E-state index contributed by atoms with van der Waals surface area (Å²) in [5, 5.41) is 0. The highest BCUT2D eigenvalue weighted by Gasteiger charge is 2.33. The standard InChI is InChI=1S/C25H26F3NO/c1-3-7-21(8-4-2)24-18-29(15-16-30-24)17-19-11-13-20(14-12-19)22-9-5-6-10-23(22)25(26,27)28/h3-14,24H,1,15-18H2,2H3/b8-4-,21-7+. The number of allylic oxidation sites excluding steroid dienone is 3. The Balaban J connectivity index is 1.72. The van der Waals surface area contributed by atoms with Crippen LogP contribution in [0.5, 0.6) is 0 Å². The summed E-state index contributed by atoms with van der Waals surface area (Å²) in [6.45, 7) is 8.65. The summed E-state index contributed by atoms with van der Waals surface area (Å²) in [6.07, 6.45) is 3.33. The van der Waals surface area contributed by atoms with Crippen LogP contribution in [-0.2, 0) is 17.5 Å². The number of halogens is 3. The highest BCUT2D eigenvalue weighted by Crippen LogP contribution is 2.37. The number of rotatable bonds is 6. The molecule has 3 rings (SSSR count). The Kier molecular flexibility index (Phi) is 7.29. The Morgan fingerprint density at radius 2 is 1.90 bits per heavy atom. The molecule has 2 nitrogen and oxygen atoms in total. The third-order valence-electron chi connectivity index (χ3n) is 5.10. The van der Waals surface area contributed by atoms with E-state index in [4.69, 9.17) is 4.74 Å². The summed E-state index contributed by atoms with van der Waals surface area (Å²) in [5.74, 6) is 0. The Labute approximate surface area is 176 Å². The van der Waals surface area contributed by atoms with Gasteiger partial charge in [-0.1, -0.05) is 73.3 Å². The second-order valence-electron chi connectivity index (χ2n) is 7.24. The molecule has 2 aromatic rings. The van der Waals surface area contributed by atoms with E-state index in [0.717, 1.165) is 36.8 Å². The predicted octanol–water partition coefficient (Wildman–Crippen LogP) is 6.26. The van der Waals surface area contributed by atoms with Crippen molar-refractivity contribution in [2.45, 2.75) is 25.7 Å². The monoisotopic (exact) mass is 413 g/mol. The molecule has 30 heavy (non-hydrogen) atoms. The molecule has 5 heteroatoms. The van der Waals surface area contributed by atoms with Crippen LogP contribution in [0.25, 0.3) is 11.1 Å². The zero-order valence-electron chi connectivity index (χ0n) is 17.0. The second kappa shape index (κ2) is 9.92. The van der Waals surface area contributed by atoms with Crippen LogP contribution in [-0.4, -0.2) is 30.7 Å². The fraction of sp³-hybridized carbons (Fsp3) is 0.280. The molecule has 1 aliphatic rings. The molecule has 0 saturated carbocycles. The highest BCUT2D eigenvalue weighted by molar-refractivity contribution is 5.68. The normalized spacial score (nSPS) is 18.7. The highest BCUT2D eigenvalue weighted by atomic mass is 19.4. The van der Waals surface area contributed by atoms with Crippen molar-refractivity contribution in [1.82, 2.24) is 4.90 Å². The Morgan fingerprint density at radius 1 is 1.17 bits per heavy atom. The van der Waals surface area contributed by atoms with Gasteiger partial charge >= 0.3 is 6.18 Å². The van der Waals surface area contributed by atoms with Gasteiger partial charge in [-0.15, -0.1) is 0 Å². The van der Waals surface area contributed by atoms with Crippen LogP contribution in [0, 0.1) is 0 Å². The van der Waals surface area contributed by atoms with E-state index < -0.39 is 11.7 Å². The summed E-state index contributed by atoms with van der Waals surface area (Å²) < 4.78 is 45.8. The molecule has 0 spiro atoms. The second-order valence-corrected chi connectivity index (χ2v) is 7.24. The maximum absolute atomic E-state index is 13.3. The van der Waals surface area contributed by atoms with Crippen LogP contribution in [0.2, 0.25) is 0 Å². The summed E-state index contributed by atoms with van der Waals surface area (Å²) in [5.41, 5.74) is 2.30. The predicted molar refractivity (Wildman–Crippen MR) is 115 cm³/mol. The lowest BCUT2D eigenvalue weighted by Gasteiger charge is -2.33. The van der Waals surface area contributed by atoms with Gasteiger partial charge in [0.05, 0.1) is 18.3 Å². The maximum Gasteiger partial charge on any atom is 0.417 e. The molecule has 0 bridgehead atoms. The van der Waals surface area contributed by atoms with E-state index in [-0.39, 0.29) is 11.7 Å². The molecule has 1 fully saturated rings. The van der Waals surface area contributed by atoms with Crippen LogP contribution >= 0.6 is 0 Å². The van der Waals surface area contributed by atoms with E-state index in [2.05, 4.69) is 11.5 Å². The first-order chi connectivity index (χ1) is 14.4. The van der Waals surface area contributed by atoms with Gasteiger partial charge in [-0.05, 0) is 35.3 Å². The summed E-state index contributed by atoms with van der Waals surface area (Å²) >= 11 is 0. The summed E-state index contributed by atoms with van der Waals surface area (Å²) in [7, 11) is 0. The summed E-state index contributed by atoms with van der Waals surface area (Å²) in [4.78, 5) is 2.30. The van der Waals surface area contributed by atoms with Crippen molar-refractivity contribution in [3.8, 4) is 11.1 Å². The van der Waals surface area contributed by atoms with Crippen molar-refractivity contribution in [3.63, 3.8) is 0 Å². The van der Waals surface area contributed by atoms with Crippen molar-refractivity contribution < 1.29 is 17.9 Å². The first-order valence-corrected chi connectivity index (χ1v) is 9.97. The van der Waals surface area contributed by atoms with E-state index in [1.807, 2.05) is 37.3 Å². The summed E-state index contributed by atoms with van der Waals surface area (Å²) in [6, 6.07) is 13.0. The van der Waals surface area contributed by atoms with Crippen molar-refractivity contribution in [3.05, 3.63) is 96.1 Å². The van der Waals surface area contributed by atoms with Crippen LogP contribution in [0.3, 0.4) is 0 Å². The zero-order chi connectivity index (χ0) is 21.6. The molecule has 0 aromatic heterocycles. The molecular formula is C25H26F3NO. The Hall–Kier alpha value is -2.63.